The first-order valence-electron chi connectivity index (χ1n) is 8.49. The Hall–Kier alpha value is -1.80. The zero-order valence-corrected chi connectivity index (χ0v) is 16.7. The molecule has 144 valence electrons. The summed E-state index contributed by atoms with van der Waals surface area (Å²) in [6.45, 7) is 12.9. The predicted octanol–water partition coefficient (Wildman–Crippen LogP) is 3.48. The molecule has 0 radical (unpaired) electrons. The number of rotatable bonds is 3. The zero-order chi connectivity index (χ0) is 19.9. The number of anilines is 1. The van der Waals surface area contributed by atoms with Crippen molar-refractivity contribution in [2.75, 3.05) is 12.4 Å². The normalized spacial score (nSPS) is 18.6. The molecular formula is C18H27BFNO5. The number of benzene rings is 1. The highest BCUT2D eigenvalue weighted by atomic mass is 19.1. The van der Waals surface area contributed by atoms with Gasteiger partial charge in [0, 0.05) is 0 Å². The molecule has 0 aliphatic carbocycles. The van der Waals surface area contributed by atoms with Crippen molar-refractivity contribution in [3.8, 4) is 5.75 Å². The second-order valence-corrected chi connectivity index (χ2v) is 8.30. The monoisotopic (exact) mass is 367 g/mol. The maximum absolute atomic E-state index is 14.6. The Kier molecular flexibility index (Phi) is 5.32. The van der Waals surface area contributed by atoms with Gasteiger partial charge in [-0.25, -0.2) is 9.18 Å². The lowest BCUT2D eigenvalue weighted by molar-refractivity contribution is 0.00578. The van der Waals surface area contributed by atoms with Gasteiger partial charge >= 0.3 is 13.2 Å². The molecule has 2 rings (SSSR count). The lowest BCUT2D eigenvalue weighted by Gasteiger charge is -2.32. The van der Waals surface area contributed by atoms with Crippen LogP contribution in [-0.4, -0.2) is 37.1 Å². The topological polar surface area (TPSA) is 66.0 Å². The molecule has 1 N–H and O–H groups in total. The molecule has 1 aliphatic rings. The highest BCUT2D eigenvalue weighted by molar-refractivity contribution is 6.62. The quantitative estimate of drug-likeness (QED) is 0.829. The molecular weight excluding hydrogens is 340 g/mol. The van der Waals surface area contributed by atoms with E-state index in [1.807, 2.05) is 27.7 Å². The van der Waals surface area contributed by atoms with Gasteiger partial charge in [0.15, 0.2) is 11.6 Å². The van der Waals surface area contributed by atoms with Crippen LogP contribution in [0, 0.1) is 5.82 Å². The van der Waals surface area contributed by atoms with Crippen molar-refractivity contribution >= 4 is 24.4 Å². The third-order valence-electron chi connectivity index (χ3n) is 4.44. The Morgan fingerprint density at radius 1 is 1.15 bits per heavy atom. The minimum atomic E-state index is -0.760. The summed E-state index contributed by atoms with van der Waals surface area (Å²) in [4.78, 5) is 12.0. The van der Waals surface area contributed by atoms with E-state index in [1.54, 1.807) is 20.8 Å². The summed E-state index contributed by atoms with van der Waals surface area (Å²) in [7, 11) is 0.637. The van der Waals surface area contributed by atoms with Crippen LogP contribution in [0.15, 0.2) is 12.1 Å². The van der Waals surface area contributed by atoms with Gasteiger partial charge in [-0.05, 0) is 66.1 Å². The molecule has 0 unspecified atom stereocenters. The summed E-state index contributed by atoms with van der Waals surface area (Å²) in [5.74, 6) is -0.720. The van der Waals surface area contributed by atoms with E-state index >= 15 is 0 Å². The summed E-state index contributed by atoms with van der Waals surface area (Å²) in [5, 5.41) is 2.42. The Morgan fingerprint density at radius 2 is 1.69 bits per heavy atom. The van der Waals surface area contributed by atoms with Gasteiger partial charge in [-0.15, -0.1) is 0 Å². The second-order valence-electron chi connectivity index (χ2n) is 8.30. The number of nitrogens with one attached hydrogen (secondary N) is 1. The van der Waals surface area contributed by atoms with Crippen molar-refractivity contribution in [2.45, 2.75) is 65.3 Å². The molecule has 0 bridgehead atoms. The largest absolute Gasteiger partial charge is 0.495 e. The van der Waals surface area contributed by atoms with Crippen LogP contribution in [0.1, 0.15) is 48.5 Å². The fourth-order valence-electron chi connectivity index (χ4n) is 2.39. The maximum Gasteiger partial charge on any atom is 0.495 e. The van der Waals surface area contributed by atoms with Gasteiger partial charge < -0.3 is 18.8 Å². The summed E-state index contributed by atoms with van der Waals surface area (Å²) >= 11 is 0. The molecule has 0 saturated carbocycles. The average Bonchev–Trinajstić information content (AvgIpc) is 2.67. The van der Waals surface area contributed by atoms with Gasteiger partial charge in [-0.1, -0.05) is 0 Å². The van der Waals surface area contributed by atoms with Crippen LogP contribution in [0.5, 0.6) is 5.75 Å². The lowest BCUT2D eigenvalue weighted by atomic mass is 9.78. The molecule has 1 aromatic carbocycles. The van der Waals surface area contributed by atoms with Crippen molar-refractivity contribution < 1.29 is 28.0 Å². The number of hydrogen-bond acceptors (Lipinski definition) is 5. The molecule has 0 spiro atoms. The summed E-state index contributed by atoms with van der Waals surface area (Å²) in [6, 6.07) is 2.96. The highest BCUT2D eigenvalue weighted by Gasteiger charge is 2.52. The third kappa shape index (κ3) is 4.30. The van der Waals surface area contributed by atoms with E-state index in [9.17, 15) is 9.18 Å². The average molecular weight is 367 g/mol. The SMILES string of the molecule is COc1cc(B2OC(C)(C)C(C)(C)O2)cc(NC(=O)OC(C)(C)C)c1F. The van der Waals surface area contributed by atoms with Gasteiger partial charge in [-0.2, -0.15) is 0 Å². The Morgan fingerprint density at radius 3 is 2.15 bits per heavy atom. The molecule has 8 heteroatoms. The molecule has 26 heavy (non-hydrogen) atoms. The number of carbonyl (C=O) groups is 1. The van der Waals surface area contributed by atoms with E-state index in [-0.39, 0.29) is 11.4 Å². The number of halogens is 1. The van der Waals surface area contributed by atoms with Crippen molar-refractivity contribution in [1.29, 1.82) is 0 Å². The second kappa shape index (κ2) is 6.74. The molecule has 1 fully saturated rings. The van der Waals surface area contributed by atoms with Crippen molar-refractivity contribution in [3.05, 3.63) is 17.9 Å². The zero-order valence-electron chi connectivity index (χ0n) is 16.7. The summed E-state index contributed by atoms with van der Waals surface area (Å²) < 4.78 is 36.8. The van der Waals surface area contributed by atoms with E-state index < -0.39 is 35.8 Å². The fourth-order valence-corrected chi connectivity index (χ4v) is 2.39. The van der Waals surface area contributed by atoms with Gasteiger partial charge in [0.25, 0.3) is 0 Å². The smallest absolute Gasteiger partial charge is 0.494 e. The lowest BCUT2D eigenvalue weighted by Crippen LogP contribution is -2.41. The number of methoxy groups -OCH3 is 1. The molecule has 1 saturated heterocycles. The van der Waals surface area contributed by atoms with Gasteiger partial charge in [0.05, 0.1) is 24.0 Å². The number of ether oxygens (including phenoxy) is 2. The minimum Gasteiger partial charge on any atom is -0.494 e. The molecule has 6 nitrogen and oxygen atoms in total. The van der Waals surface area contributed by atoms with Crippen molar-refractivity contribution in [3.63, 3.8) is 0 Å². The number of carbonyl (C=O) groups excluding carboxylic acids is 1. The first-order chi connectivity index (χ1) is 11.8. The standard InChI is InChI=1S/C18H27BFNO5/c1-16(2,3)24-15(22)21-12-9-11(10-13(23-8)14(12)20)19-25-17(4,5)18(6,7)26-19/h9-10H,1-8H3,(H,21,22). The Balaban J connectivity index is 2.34. The van der Waals surface area contributed by atoms with Crippen LogP contribution in [0.25, 0.3) is 0 Å². The van der Waals surface area contributed by atoms with E-state index in [2.05, 4.69) is 5.32 Å². The number of hydrogen-bond donors (Lipinski definition) is 1. The first-order valence-corrected chi connectivity index (χ1v) is 8.49. The van der Waals surface area contributed by atoms with Crippen molar-refractivity contribution in [1.82, 2.24) is 0 Å². The third-order valence-corrected chi connectivity index (χ3v) is 4.44. The molecule has 1 aliphatic heterocycles. The van der Waals surface area contributed by atoms with Crippen LogP contribution in [0.3, 0.4) is 0 Å². The Labute approximate surface area is 154 Å². The van der Waals surface area contributed by atoms with Crippen LogP contribution in [0.4, 0.5) is 14.9 Å². The fraction of sp³-hybridized carbons (Fsp3) is 0.611. The predicted molar refractivity (Wildman–Crippen MR) is 98.5 cm³/mol. The molecule has 1 heterocycles. The van der Waals surface area contributed by atoms with Gasteiger partial charge in [0.1, 0.15) is 5.60 Å². The highest BCUT2D eigenvalue weighted by Crippen LogP contribution is 2.37. The van der Waals surface area contributed by atoms with E-state index in [0.29, 0.717) is 5.46 Å². The van der Waals surface area contributed by atoms with Gasteiger partial charge in [0.2, 0.25) is 0 Å². The molecule has 0 atom stereocenters. The molecule has 1 aromatic rings. The van der Waals surface area contributed by atoms with Crippen molar-refractivity contribution in [2.24, 2.45) is 0 Å². The van der Waals surface area contributed by atoms with E-state index in [4.69, 9.17) is 18.8 Å². The van der Waals surface area contributed by atoms with E-state index in [1.165, 1.54) is 19.2 Å². The van der Waals surface area contributed by atoms with Crippen LogP contribution in [0.2, 0.25) is 0 Å². The summed E-state index contributed by atoms with van der Waals surface area (Å²) in [5.41, 5.74) is -1.32. The maximum atomic E-state index is 14.6. The van der Waals surface area contributed by atoms with E-state index in [0.717, 1.165) is 0 Å². The van der Waals surface area contributed by atoms with Crippen LogP contribution >= 0.6 is 0 Å². The molecule has 1 amide bonds. The molecule has 0 aromatic heterocycles. The van der Waals surface area contributed by atoms with Gasteiger partial charge in [-0.3, -0.25) is 5.32 Å². The van der Waals surface area contributed by atoms with Crippen LogP contribution in [-0.2, 0) is 14.0 Å². The Bertz CT molecular complexity index is 684. The van der Waals surface area contributed by atoms with Crippen LogP contribution < -0.4 is 15.5 Å². The summed E-state index contributed by atoms with van der Waals surface area (Å²) in [6.07, 6.45) is -0.760. The number of amides is 1. The first kappa shape index (κ1) is 20.5. The minimum absolute atomic E-state index is 0.0247.